The number of aliphatic imine (C=N–C) groups is 1. The number of H-pyrrole nitrogens is 1. The number of aromatic nitrogens is 1. The van der Waals surface area contributed by atoms with Crippen molar-refractivity contribution in [2.75, 3.05) is 13.7 Å². The number of phenols is 1. The van der Waals surface area contributed by atoms with E-state index in [0.29, 0.717) is 23.8 Å². The van der Waals surface area contributed by atoms with Crippen molar-refractivity contribution in [2.45, 2.75) is 6.42 Å². The summed E-state index contributed by atoms with van der Waals surface area (Å²) >= 11 is 1.06. The number of nitrogens with zero attached hydrogens (tertiary/aromatic N) is 2. The summed E-state index contributed by atoms with van der Waals surface area (Å²) in [7, 11) is 1.24. The van der Waals surface area contributed by atoms with Gasteiger partial charge in [0.2, 0.25) is 0 Å². The molecule has 2 N–H and O–H groups in total. The summed E-state index contributed by atoms with van der Waals surface area (Å²) in [6, 6.07) is 10.6. The minimum atomic E-state index is -0.633. The highest BCUT2D eigenvalue weighted by Gasteiger charge is 2.34. The van der Waals surface area contributed by atoms with Crippen LogP contribution in [0.4, 0.5) is 10.1 Å². The third-order valence-corrected chi connectivity index (χ3v) is 5.75. The Hall–Kier alpha value is -3.59. The van der Waals surface area contributed by atoms with Crippen molar-refractivity contribution in [3.05, 3.63) is 71.0 Å². The van der Waals surface area contributed by atoms with Crippen LogP contribution in [-0.4, -0.2) is 45.7 Å². The highest BCUT2D eigenvalue weighted by Crippen LogP contribution is 2.33. The van der Waals surface area contributed by atoms with E-state index in [2.05, 4.69) is 14.7 Å². The Kier molecular flexibility index (Phi) is 5.77. The fourth-order valence-electron chi connectivity index (χ4n) is 3.19. The molecule has 4 rings (SSSR count). The second kappa shape index (κ2) is 8.65. The molecule has 1 fully saturated rings. The van der Waals surface area contributed by atoms with Gasteiger partial charge in [0.1, 0.15) is 11.6 Å². The van der Waals surface area contributed by atoms with Gasteiger partial charge in [0.25, 0.3) is 5.91 Å². The van der Waals surface area contributed by atoms with E-state index in [1.54, 1.807) is 18.2 Å². The maximum Gasteiger partial charge on any atom is 0.331 e. The van der Waals surface area contributed by atoms with Crippen LogP contribution in [0.25, 0.3) is 10.9 Å². The monoisotopic (exact) mass is 439 g/mol. The van der Waals surface area contributed by atoms with Crippen LogP contribution in [-0.2, 0) is 20.7 Å². The van der Waals surface area contributed by atoms with Crippen molar-refractivity contribution in [1.29, 1.82) is 0 Å². The molecule has 31 heavy (non-hydrogen) atoms. The number of hydrogen-bond acceptors (Lipinski definition) is 6. The van der Waals surface area contributed by atoms with Crippen molar-refractivity contribution >= 4 is 45.4 Å². The number of carbonyl (C=O) groups excluding carboxylic acids is 2. The van der Waals surface area contributed by atoms with Crippen molar-refractivity contribution in [1.82, 2.24) is 9.88 Å². The third kappa shape index (κ3) is 4.46. The molecular weight excluding hydrogens is 421 g/mol. The zero-order chi connectivity index (χ0) is 22.0. The lowest BCUT2D eigenvalue weighted by Crippen LogP contribution is -2.31. The molecule has 1 saturated heterocycles. The van der Waals surface area contributed by atoms with Crippen molar-refractivity contribution in [2.24, 2.45) is 4.99 Å². The Morgan fingerprint density at radius 2 is 2.06 bits per heavy atom. The number of thioether (sulfide) groups is 1. The lowest BCUT2D eigenvalue weighted by atomic mass is 10.1. The number of benzene rings is 2. The number of phenolic OH excluding ortho intramolecular Hbond substituents is 1. The van der Waals surface area contributed by atoms with Crippen molar-refractivity contribution in [3.8, 4) is 5.75 Å². The predicted molar refractivity (Wildman–Crippen MR) is 117 cm³/mol. The molecule has 1 amide bonds. The van der Waals surface area contributed by atoms with Gasteiger partial charge in [-0.1, -0.05) is 0 Å². The Morgan fingerprint density at radius 1 is 1.29 bits per heavy atom. The number of fused-ring (bicyclic) bond motifs is 1. The van der Waals surface area contributed by atoms with Gasteiger partial charge < -0.3 is 14.8 Å². The van der Waals surface area contributed by atoms with Crippen LogP contribution >= 0.6 is 11.8 Å². The number of aromatic amines is 1. The van der Waals surface area contributed by atoms with Gasteiger partial charge >= 0.3 is 5.97 Å². The molecule has 0 saturated carbocycles. The molecule has 1 aromatic heterocycles. The number of halogens is 1. The average Bonchev–Trinajstić information content (AvgIpc) is 3.28. The van der Waals surface area contributed by atoms with Gasteiger partial charge in [0.15, 0.2) is 5.17 Å². The largest absolute Gasteiger partial charge is 0.508 e. The lowest BCUT2D eigenvalue weighted by molar-refractivity contribution is -0.135. The quantitative estimate of drug-likeness (QED) is 0.465. The maximum absolute atomic E-state index is 13.2. The second-order valence-corrected chi connectivity index (χ2v) is 7.76. The summed E-state index contributed by atoms with van der Waals surface area (Å²) in [5, 5.41) is 11.0. The standard InChI is InChI=1S/C22H18FN3O4S/c1-30-20(28)11-19-21(29)26(22(31-19)25-15-4-2-14(23)3-5-15)9-8-13-12-24-18-7-6-16(27)10-17(13)18/h2-7,10-12,24,27H,8-9H2,1H3/b19-11+,25-22?. The van der Waals surface area contributed by atoms with Gasteiger partial charge in [-0.2, -0.15) is 0 Å². The van der Waals surface area contributed by atoms with E-state index in [-0.39, 0.29) is 22.4 Å². The van der Waals surface area contributed by atoms with Crippen molar-refractivity contribution in [3.63, 3.8) is 0 Å². The van der Waals surface area contributed by atoms with E-state index >= 15 is 0 Å². The molecule has 0 bridgehead atoms. The molecule has 0 spiro atoms. The Balaban J connectivity index is 1.63. The van der Waals surface area contributed by atoms with Crippen LogP contribution in [0.3, 0.4) is 0 Å². The van der Waals surface area contributed by atoms with Gasteiger partial charge in [0, 0.05) is 29.7 Å². The summed E-state index contributed by atoms with van der Waals surface area (Å²) < 4.78 is 17.8. The molecular formula is C22H18FN3O4S. The molecule has 1 aliphatic rings. The number of ether oxygens (including phenoxy) is 1. The van der Waals surface area contributed by atoms with Gasteiger partial charge in [-0.25, -0.2) is 14.2 Å². The van der Waals surface area contributed by atoms with Crippen molar-refractivity contribution < 1.29 is 23.8 Å². The average molecular weight is 439 g/mol. The number of aromatic hydroxyl groups is 1. The van der Waals surface area contributed by atoms with Gasteiger partial charge in [-0.3, -0.25) is 9.69 Å². The molecule has 0 atom stereocenters. The summed E-state index contributed by atoms with van der Waals surface area (Å²) in [5.41, 5.74) is 2.29. The highest BCUT2D eigenvalue weighted by molar-refractivity contribution is 8.18. The minimum Gasteiger partial charge on any atom is -0.508 e. The van der Waals surface area contributed by atoms with E-state index in [9.17, 15) is 19.1 Å². The summed E-state index contributed by atoms with van der Waals surface area (Å²) in [6.45, 7) is 0.299. The van der Waals surface area contributed by atoms with E-state index in [4.69, 9.17) is 0 Å². The molecule has 3 aromatic rings. The van der Waals surface area contributed by atoms with E-state index in [0.717, 1.165) is 34.3 Å². The lowest BCUT2D eigenvalue weighted by Gasteiger charge is -2.15. The Labute approximate surface area is 181 Å². The molecule has 7 nitrogen and oxygen atoms in total. The Morgan fingerprint density at radius 3 is 2.81 bits per heavy atom. The fourth-order valence-corrected chi connectivity index (χ4v) is 4.17. The zero-order valence-corrected chi connectivity index (χ0v) is 17.3. The fraction of sp³-hybridized carbons (Fsp3) is 0.136. The number of esters is 1. The first-order valence-electron chi connectivity index (χ1n) is 9.37. The van der Waals surface area contributed by atoms with Crippen LogP contribution in [0.15, 0.2) is 64.6 Å². The van der Waals surface area contributed by atoms with Crippen LogP contribution in [0.5, 0.6) is 5.75 Å². The van der Waals surface area contributed by atoms with Crippen LogP contribution < -0.4 is 0 Å². The molecule has 1 aliphatic heterocycles. The third-order valence-electron chi connectivity index (χ3n) is 4.75. The van der Waals surface area contributed by atoms with Crippen LogP contribution in [0, 0.1) is 5.82 Å². The zero-order valence-electron chi connectivity index (χ0n) is 16.5. The predicted octanol–water partition coefficient (Wildman–Crippen LogP) is 3.88. The highest BCUT2D eigenvalue weighted by atomic mass is 32.2. The van der Waals surface area contributed by atoms with Gasteiger partial charge in [0.05, 0.1) is 17.7 Å². The number of hydrogen-bond donors (Lipinski definition) is 2. The smallest absolute Gasteiger partial charge is 0.331 e. The van der Waals surface area contributed by atoms with E-state index in [1.165, 1.54) is 36.3 Å². The number of nitrogens with one attached hydrogen (secondary N) is 1. The first-order chi connectivity index (χ1) is 14.9. The molecule has 0 radical (unpaired) electrons. The first-order valence-corrected chi connectivity index (χ1v) is 10.2. The maximum atomic E-state index is 13.2. The topological polar surface area (TPSA) is 95.0 Å². The molecule has 9 heteroatoms. The molecule has 2 aromatic carbocycles. The van der Waals surface area contributed by atoms with Crippen LogP contribution in [0.1, 0.15) is 5.56 Å². The Bertz CT molecular complexity index is 1220. The first kappa shape index (κ1) is 20.7. The second-order valence-electron chi connectivity index (χ2n) is 6.76. The summed E-state index contributed by atoms with van der Waals surface area (Å²) in [5.74, 6) is -1.22. The summed E-state index contributed by atoms with van der Waals surface area (Å²) in [4.78, 5) is 33.9. The molecule has 0 unspecified atom stereocenters. The van der Waals surface area contributed by atoms with E-state index in [1.807, 2.05) is 6.20 Å². The summed E-state index contributed by atoms with van der Waals surface area (Å²) in [6.07, 6.45) is 3.46. The number of methoxy groups -OCH3 is 1. The molecule has 0 aliphatic carbocycles. The molecule has 158 valence electrons. The minimum absolute atomic E-state index is 0.156. The van der Waals surface area contributed by atoms with E-state index < -0.39 is 5.97 Å². The van der Waals surface area contributed by atoms with Gasteiger partial charge in [-0.15, -0.1) is 0 Å². The normalized spacial score (nSPS) is 16.6. The number of carbonyl (C=O) groups is 2. The SMILES string of the molecule is COC(=O)/C=C1/SC(=Nc2ccc(F)cc2)N(CCc2c[nH]c3ccc(O)cc23)C1=O. The molecule has 2 heterocycles. The number of amidine groups is 1. The van der Waals surface area contributed by atoms with Gasteiger partial charge in [-0.05, 0) is 66.2 Å². The van der Waals surface area contributed by atoms with Crippen LogP contribution in [0.2, 0.25) is 0 Å². The number of amides is 1. The number of rotatable bonds is 5.